The minimum absolute atomic E-state index is 0.442. The fraction of sp³-hybridized carbons (Fsp3) is 0.133. The van der Waals surface area contributed by atoms with Crippen molar-refractivity contribution in [3.05, 3.63) is 47.8 Å². The van der Waals surface area contributed by atoms with Gasteiger partial charge in [-0.25, -0.2) is 15.0 Å². The van der Waals surface area contributed by atoms with Crippen LogP contribution in [0.2, 0.25) is 0 Å². The van der Waals surface area contributed by atoms with Gasteiger partial charge >= 0.3 is 0 Å². The Balaban J connectivity index is 2.28. The van der Waals surface area contributed by atoms with Crippen LogP contribution in [0, 0.1) is 13.8 Å². The van der Waals surface area contributed by atoms with Crippen LogP contribution >= 0.6 is 0 Å². The van der Waals surface area contributed by atoms with Crippen molar-refractivity contribution < 1.29 is 0 Å². The van der Waals surface area contributed by atoms with Gasteiger partial charge in [-0.2, -0.15) is 0 Å². The molecule has 0 saturated heterocycles. The fourth-order valence-corrected chi connectivity index (χ4v) is 2.12. The van der Waals surface area contributed by atoms with Crippen LogP contribution in [0.4, 0.5) is 5.82 Å². The van der Waals surface area contributed by atoms with Crippen molar-refractivity contribution in [1.82, 2.24) is 15.0 Å². The minimum atomic E-state index is 0.442. The zero-order valence-corrected chi connectivity index (χ0v) is 10.9. The van der Waals surface area contributed by atoms with Gasteiger partial charge in [0, 0.05) is 23.3 Å². The zero-order chi connectivity index (χ0) is 13.4. The summed E-state index contributed by atoms with van der Waals surface area (Å²) in [5, 5.41) is 0.949. The van der Waals surface area contributed by atoms with E-state index in [0.29, 0.717) is 17.2 Å². The summed E-state index contributed by atoms with van der Waals surface area (Å²) in [5.74, 6) is 1.13. The molecule has 0 aliphatic rings. The molecule has 1 aromatic carbocycles. The third-order valence-electron chi connectivity index (χ3n) is 3.24. The molecule has 2 aromatic heterocycles. The molecule has 4 nitrogen and oxygen atoms in total. The van der Waals surface area contributed by atoms with E-state index in [4.69, 9.17) is 5.73 Å². The second kappa shape index (κ2) is 4.31. The van der Waals surface area contributed by atoms with Gasteiger partial charge in [0.1, 0.15) is 11.3 Å². The van der Waals surface area contributed by atoms with E-state index in [2.05, 4.69) is 15.0 Å². The fourth-order valence-electron chi connectivity index (χ4n) is 2.12. The van der Waals surface area contributed by atoms with E-state index >= 15 is 0 Å². The quantitative estimate of drug-likeness (QED) is 0.721. The molecule has 94 valence electrons. The van der Waals surface area contributed by atoms with Crippen LogP contribution in [0.5, 0.6) is 0 Å². The van der Waals surface area contributed by atoms with Crippen molar-refractivity contribution in [2.24, 2.45) is 0 Å². The van der Waals surface area contributed by atoms with Gasteiger partial charge in [-0.05, 0) is 25.0 Å². The maximum atomic E-state index is 5.91. The minimum Gasteiger partial charge on any atom is -0.382 e. The molecule has 2 N–H and O–H groups in total. The van der Waals surface area contributed by atoms with Crippen molar-refractivity contribution in [1.29, 1.82) is 0 Å². The Morgan fingerprint density at radius 2 is 1.74 bits per heavy atom. The first kappa shape index (κ1) is 11.6. The van der Waals surface area contributed by atoms with Crippen molar-refractivity contribution in [3.63, 3.8) is 0 Å². The van der Waals surface area contributed by atoms with Gasteiger partial charge < -0.3 is 5.73 Å². The molecular weight excluding hydrogens is 236 g/mol. The Kier molecular flexibility index (Phi) is 2.63. The number of hydrogen-bond donors (Lipinski definition) is 1. The van der Waals surface area contributed by atoms with E-state index in [0.717, 1.165) is 22.1 Å². The number of nitrogens with zero attached hydrogens (tertiary/aromatic N) is 3. The molecule has 0 saturated carbocycles. The van der Waals surface area contributed by atoms with Crippen LogP contribution in [-0.2, 0) is 0 Å². The summed E-state index contributed by atoms with van der Waals surface area (Å²) in [6.45, 7) is 4.02. The summed E-state index contributed by atoms with van der Waals surface area (Å²) < 4.78 is 0. The third-order valence-corrected chi connectivity index (χ3v) is 3.24. The molecule has 0 aliphatic carbocycles. The van der Waals surface area contributed by atoms with Gasteiger partial charge in [0.05, 0.1) is 0 Å². The first-order valence-electron chi connectivity index (χ1n) is 6.10. The number of rotatable bonds is 1. The van der Waals surface area contributed by atoms with Crippen LogP contribution in [0.15, 0.2) is 36.7 Å². The molecule has 4 heteroatoms. The van der Waals surface area contributed by atoms with E-state index in [1.54, 1.807) is 6.20 Å². The van der Waals surface area contributed by atoms with E-state index in [1.807, 2.05) is 44.3 Å². The number of nitrogen functional groups attached to an aromatic ring is 1. The molecule has 0 fully saturated rings. The summed E-state index contributed by atoms with van der Waals surface area (Å²) in [6.07, 6.45) is 3.56. The number of hydrogen-bond acceptors (Lipinski definition) is 4. The average Bonchev–Trinajstić information content (AvgIpc) is 2.43. The average molecular weight is 250 g/mol. The maximum absolute atomic E-state index is 5.91. The Morgan fingerprint density at radius 1 is 0.947 bits per heavy atom. The summed E-state index contributed by atoms with van der Waals surface area (Å²) in [6, 6.07) is 8.03. The molecule has 3 rings (SSSR count). The summed E-state index contributed by atoms with van der Waals surface area (Å²) >= 11 is 0. The van der Waals surface area contributed by atoms with Crippen LogP contribution in [0.1, 0.15) is 11.1 Å². The van der Waals surface area contributed by atoms with Gasteiger partial charge in [0.2, 0.25) is 0 Å². The summed E-state index contributed by atoms with van der Waals surface area (Å²) in [5.41, 5.74) is 9.81. The molecule has 0 aliphatic heterocycles. The van der Waals surface area contributed by atoms with Crippen molar-refractivity contribution in [2.45, 2.75) is 13.8 Å². The molecule has 0 radical (unpaired) electrons. The van der Waals surface area contributed by atoms with Crippen LogP contribution in [0.25, 0.3) is 22.3 Å². The number of aryl methyl sites for hydroxylation is 2. The number of nitrogens with two attached hydrogens (primary N) is 1. The van der Waals surface area contributed by atoms with Crippen LogP contribution < -0.4 is 5.73 Å². The molecule has 2 heterocycles. The lowest BCUT2D eigenvalue weighted by molar-refractivity contribution is 1.19. The molecular formula is C15H14N4. The van der Waals surface area contributed by atoms with Gasteiger partial charge in [0.15, 0.2) is 5.82 Å². The van der Waals surface area contributed by atoms with E-state index in [1.165, 1.54) is 0 Å². The Morgan fingerprint density at radius 3 is 2.53 bits per heavy atom. The number of anilines is 1. The Bertz CT molecular complexity index is 765. The van der Waals surface area contributed by atoms with Crippen molar-refractivity contribution in [3.8, 4) is 11.4 Å². The number of fused-ring (bicyclic) bond motifs is 1. The summed E-state index contributed by atoms with van der Waals surface area (Å²) in [7, 11) is 0. The normalized spacial score (nSPS) is 10.8. The number of pyridine rings is 1. The van der Waals surface area contributed by atoms with E-state index in [-0.39, 0.29) is 0 Å². The molecule has 19 heavy (non-hydrogen) atoms. The van der Waals surface area contributed by atoms with Gasteiger partial charge in [-0.3, -0.25) is 0 Å². The first-order chi connectivity index (χ1) is 9.16. The second-order valence-electron chi connectivity index (χ2n) is 4.60. The van der Waals surface area contributed by atoms with Crippen LogP contribution in [0.3, 0.4) is 0 Å². The molecule has 0 amide bonds. The van der Waals surface area contributed by atoms with Gasteiger partial charge in [0.25, 0.3) is 0 Å². The van der Waals surface area contributed by atoms with E-state index in [9.17, 15) is 0 Å². The van der Waals surface area contributed by atoms with Gasteiger partial charge in [-0.15, -0.1) is 0 Å². The number of benzene rings is 1. The maximum Gasteiger partial charge on any atom is 0.160 e. The lowest BCUT2D eigenvalue weighted by Crippen LogP contribution is -1.98. The summed E-state index contributed by atoms with van der Waals surface area (Å²) in [4.78, 5) is 13.2. The molecule has 0 spiro atoms. The Hall–Kier alpha value is -2.49. The van der Waals surface area contributed by atoms with Crippen LogP contribution in [-0.4, -0.2) is 15.0 Å². The SMILES string of the molecule is Cc1ccccc1-c1ncc2c(C)cnc(N)c2n1. The Labute approximate surface area is 111 Å². The van der Waals surface area contributed by atoms with Crippen molar-refractivity contribution >= 4 is 16.7 Å². The van der Waals surface area contributed by atoms with E-state index < -0.39 is 0 Å². The highest BCUT2D eigenvalue weighted by molar-refractivity contribution is 5.90. The second-order valence-corrected chi connectivity index (χ2v) is 4.60. The smallest absolute Gasteiger partial charge is 0.160 e. The van der Waals surface area contributed by atoms with Crippen molar-refractivity contribution in [2.75, 3.05) is 5.73 Å². The molecule has 0 unspecified atom stereocenters. The topological polar surface area (TPSA) is 64.7 Å². The lowest BCUT2D eigenvalue weighted by Gasteiger charge is -2.07. The molecule has 0 bridgehead atoms. The highest BCUT2D eigenvalue weighted by atomic mass is 14.9. The third kappa shape index (κ3) is 1.91. The standard InChI is InChI=1S/C15H14N4/c1-9-5-3-4-6-11(9)15-18-8-12-10(2)7-17-14(16)13(12)19-15/h3-8H,1-2H3,(H2,16,17). The first-order valence-corrected chi connectivity index (χ1v) is 6.10. The zero-order valence-electron chi connectivity index (χ0n) is 10.9. The predicted molar refractivity (Wildman–Crippen MR) is 76.7 cm³/mol. The molecule has 0 atom stereocenters. The monoisotopic (exact) mass is 250 g/mol. The van der Waals surface area contributed by atoms with Gasteiger partial charge in [-0.1, -0.05) is 24.3 Å². The lowest BCUT2D eigenvalue weighted by atomic mass is 10.1. The highest BCUT2D eigenvalue weighted by Crippen LogP contribution is 2.24. The number of aromatic nitrogens is 3. The highest BCUT2D eigenvalue weighted by Gasteiger charge is 2.09. The largest absolute Gasteiger partial charge is 0.382 e. The predicted octanol–water partition coefficient (Wildman–Crippen LogP) is 2.89. The molecule has 3 aromatic rings.